The number of nitrogens with zero attached hydrogens (tertiary/aromatic N) is 5. The third-order valence-electron chi connectivity index (χ3n) is 9.58. The molecule has 0 unspecified atom stereocenters. The average molecular weight is 652 g/mol. The zero-order valence-electron chi connectivity index (χ0n) is 27.5. The van der Waals surface area contributed by atoms with E-state index in [1.807, 2.05) is 42.5 Å². The van der Waals surface area contributed by atoms with E-state index in [4.69, 9.17) is 19.9 Å². The molecule has 5 nitrogen and oxygen atoms in total. The summed E-state index contributed by atoms with van der Waals surface area (Å²) in [5.41, 5.74) is 14.1. The van der Waals surface area contributed by atoms with Crippen LogP contribution in [0.1, 0.15) is 0 Å². The van der Waals surface area contributed by atoms with E-state index in [2.05, 4.69) is 138 Å². The fraction of sp³-hybridized carbons (Fsp3) is 0. The van der Waals surface area contributed by atoms with Crippen molar-refractivity contribution in [2.75, 3.05) is 0 Å². The summed E-state index contributed by atoms with van der Waals surface area (Å²) in [5, 5.41) is 2.06. The average Bonchev–Trinajstić information content (AvgIpc) is 3.61. The Labute approximate surface area is 294 Å². The van der Waals surface area contributed by atoms with Gasteiger partial charge < -0.3 is 0 Å². The second-order valence-electron chi connectivity index (χ2n) is 12.7. The lowest BCUT2D eigenvalue weighted by molar-refractivity contribution is 1.22. The van der Waals surface area contributed by atoms with Crippen LogP contribution in [0.5, 0.6) is 0 Å². The lowest BCUT2D eigenvalue weighted by Gasteiger charge is -2.12. The highest BCUT2D eigenvalue weighted by molar-refractivity contribution is 6.09. The summed E-state index contributed by atoms with van der Waals surface area (Å²) >= 11 is 0. The number of rotatable bonds is 5. The normalized spacial score (nSPS) is 11.5. The molecule has 0 radical (unpaired) electrons. The van der Waals surface area contributed by atoms with E-state index in [-0.39, 0.29) is 0 Å². The minimum atomic E-state index is 0.702. The van der Waals surface area contributed by atoms with Crippen molar-refractivity contribution in [1.29, 1.82) is 0 Å². The van der Waals surface area contributed by atoms with Crippen LogP contribution in [0.15, 0.2) is 176 Å². The molecule has 10 aromatic rings. The number of pyridine rings is 2. The van der Waals surface area contributed by atoms with Crippen LogP contribution in [0.4, 0.5) is 0 Å². The molecule has 0 saturated heterocycles. The molecule has 0 fully saturated rings. The van der Waals surface area contributed by atoms with Crippen molar-refractivity contribution >= 4 is 38.5 Å². The molecule has 0 saturated carbocycles. The maximum absolute atomic E-state index is 5.23. The summed E-state index contributed by atoms with van der Waals surface area (Å²) < 4.78 is 2.14. The first-order valence-electron chi connectivity index (χ1n) is 17.1. The molecule has 0 aliphatic heterocycles. The lowest BCUT2D eigenvalue weighted by atomic mass is 9.97. The predicted octanol–water partition coefficient (Wildman–Crippen LogP) is 11.3. The second kappa shape index (κ2) is 11.9. The van der Waals surface area contributed by atoms with Crippen LogP contribution in [-0.2, 0) is 0 Å². The summed E-state index contributed by atoms with van der Waals surface area (Å²) in [6.45, 7) is 0. The van der Waals surface area contributed by atoms with Gasteiger partial charge in [0.15, 0.2) is 5.82 Å². The number of benzene rings is 6. The number of hydrogen-bond donors (Lipinski definition) is 0. The number of imidazole rings is 1. The molecular weight excluding hydrogens is 623 g/mol. The molecule has 0 amide bonds. The molecule has 238 valence electrons. The molecule has 0 spiro atoms. The molecule has 0 bridgehead atoms. The highest BCUT2D eigenvalue weighted by Gasteiger charge is 2.17. The standard InChI is InChI=1S/C46H29N5/c1-2-13-30(14-3-1)31-15-12-20-36(29-31)46-48-40-24-7-4-21-37(40)42(50-46)34-18-10-16-32(27-34)33-17-11-19-35(28-33)43-45-44(38-22-5-6-23-39(38)47-43)49-41-25-8-9-26-51(41)45/h1-29H. The van der Waals surface area contributed by atoms with Crippen molar-refractivity contribution in [3.63, 3.8) is 0 Å². The van der Waals surface area contributed by atoms with Crippen LogP contribution in [-0.4, -0.2) is 24.3 Å². The monoisotopic (exact) mass is 651 g/mol. The fourth-order valence-corrected chi connectivity index (χ4v) is 7.14. The topological polar surface area (TPSA) is 56.0 Å². The van der Waals surface area contributed by atoms with Gasteiger partial charge in [-0.15, -0.1) is 0 Å². The SMILES string of the molecule is c1ccc(-c2cccc(-c3nc(-c4cccc(-c5cccc(-c6nc7ccccc7c7nc8ccccn8c67)c5)c4)c4ccccc4n3)c2)cc1. The number of fused-ring (bicyclic) bond motifs is 6. The van der Waals surface area contributed by atoms with Crippen LogP contribution >= 0.6 is 0 Å². The van der Waals surface area contributed by atoms with Gasteiger partial charge in [-0.05, 0) is 64.7 Å². The van der Waals surface area contributed by atoms with Crippen molar-refractivity contribution in [3.05, 3.63) is 176 Å². The molecule has 0 aliphatic rings. The predicted molar refractivity (Wildman–Crippen MR) is 208 cm³/mol. The maximum atomic E-state index is 5.23. The van der Waals surface area contributed by atoms with Gasteiger partial charge in [-0.2, -0.15) is 0 Å². The number of aromatic nitrogens is 5. The Balaban J connectivity index is 1.10. The molecule has 6 aromatic carbocycles. The summed E-state index contributed by atoms with van der Waals surface area (Å²) in [7, 11) is 0. The van der Waals surface area contributed by atoms with E-state index in [0.29, 0.717) is 5.82 Å². The zero-order chi connectivity index (χ0) is 33.7. The van der Waals surface area contributed by atoms with Crippen LogP contribution in [0.25, 0.3) is 94.6 Å². The molecule has 5 heteroatoms. The van der Waals surface area contributed by atoms with Gasteiger partial charge in [0, 0.05) is 33.7 Å². The van der Waals surface area contributed by atoms with Gasteiger partial charge in [0.25, 0.3) is 0 Å². The maximum Gasteiger partial charge on any atom is 0.160 e. The van der Waals surface area contributed by atoms with Crippen molar-refractivity contribution in [2.45, 2.75) is 0 Å². The van der Waals surface area contributed by atoms with Crippen molar-refractivity contribution in [3.8, 4) is 56.2 Å². The van der Waals surface area contributed by atoms with Gasteiger partial charge in [-0.1, -0.05) is 127 Å². The van der Waals surface area contributed by atoms with Gasteiger partial charge in [0.05, 0.1) is 27.9 Å². The summed E-state index contributed by atoms with van der Waals surface area (Å²) in [5.74, 6) is 0.702. The first-order valence-corrected chi connectivity index (χ1v) is 17.1. The van der Waals surface area contributed by atoms with Crippen LogP contribution in [0, 0.1) is 0 Å². The first kappa shape index (κ1) is 29.0. The van der Waals surface area contributed by atoms with Gasteiger partial charge >= 0.3 is 0 Å². The Morgan fingerprint density at radius 2 is 0.902 bits per heavy atom. The molecule has 0 N–H and O–H groups in total. The zero-order valence-corrected chi connectivity index (χ0v) is 27.5. The van der Waals surface area contributed by atoms with Crippen LogP contribution < -0.4 is 0 Å². The summed E-state index contributed by atoms with van der Waals surface area (Å²) in [6, 6.07) is 58.8. The highest BCUT2D eigenvalue weighted by atomic mass is 15.0. The lowest BCUT2D eigenvalue weighted by Crippen LogP contribution is -1.96. The Bertz CT molecular complexity index is 2930. The Morgan fingerprint density at radius 1 is 0.353 bits per heavy atom. The van der Waals surface area contributed by atoms with Crippen molar-refractivity contribution in [2.24, 2.45) is 0 Å². The van der Waals surface area contributed by atoms with E-state index in [1.54, 1.807) is 0 Å². The van der Waals surface area contributed by atoms with Crippen LogP contribution in [0.2, 0.25) is 0 Å². The van der Waals surface area contributed by atoms with E-state index in [0.717, 1.165) is 88.8 Å². The Kier molecular flexibility index (Phi) is 6.74. The third-order valence-corrected chi connectivity index (χ3v) is 9.58. The Hall–Kier alpha value is -6.98. The van der Waals surface area contributed by atoms with Crippen molar-refractivity contribution in [1.82, 2.24) is 24.3 Å². The van der Waals surface area contributed by atoms with E-state index < -0.39 is 0 Å². The number of para-hydroxylation sites is 2. The summed E-state index contributed by atoms with van der Waals surface area (Å²) in [6.07, 6.45) is 2.07. The van der Waals surface area contributed by atoms with Gasteiger partial charge in [0.1, 0.15) is 11.2 Å². The molecule has 4 aromatic heterocycles. The third kappa shape index (κ3) is 5.03. The highest BCUT2D eigenvalue weighted by Crippen LogP contribution is 2.36. The van der Waals surface area contributed by atoms with Crippen molar-refractivity contribution < 1.29 is 0 Å². The van der Waals surface area contributed by atoms with Gasteiger partial charge in [-0.25, -0.2) is 19.9 Å². The van der Waals surface area contributed by atoms with Gasteiger partial charge in [0.2, 0.25) is 0 Å². The quantitative estimate of drug-likeness (QED) is 0.186. The van der Waals surface area contributed by atoms with E-state index in [1.165, 1.54) is 0 Å². The molecular formula is C46H29N5. The number of hydrogen-bond acceptors (Lipinski definition) is 4. The molecule has 0 atom stereocenters. The molecule has 0 aliphatic carbocycles. The minimum absolute atomic E-state index is 0.702. The largest absolute Gasteiger partial charge is 0.298 e. The van der Waals surface area contributed by atoms with E-state index >= 15 is 0 Å². The van der Waals surface area contributed by atoms with Crippen LogP contribution in [0.3, 0.4) is 0 Å². The fourth-order valence-electron chi connectivity index (χ4n) is 7.14. The first-order chi connectivity index (χ1) is 25.3. The van der Waals surface area contributed by atoms with E-state index in [9.17, 15) is 0 Å². The molecule has 51 heavy (non-hydrogen) atoms. The second-order valence-corrected chi connectivity index (χ2v) is 12.7. The minimum Gasteiger partial charge on any atom is -0.298 e. The van der Waals surface area contributed by atoms with Gasteiger partial charge in [-0.3, -0.25) is 4.40 Å². The summed E-state index contributed by atoms with van der Waals surface area (Å²) in [4.78, 5) is 20.5. The smallest absolute Gasteiger partial charge is 0.160 e. The Morgan fingerprint density at radius 3 is 1.67 bits per heavy atom. The molecule has 10 rings (SSSR count). The molecule has 4 heterocycles.